The van der Waals surface area contributed by atoms with Crippen LogP contribution in [0.5, 0.6) is 0 Å². The number of amides is 2. The highest BCUT2D eigenvalue weighted by Crippen LogP contribution is 2.37. The molecule has 4 unspecified atom stereocenters. The number of hydrogen-bond acceptors (Lipinski definition) is 2. The third-order valence-corrected chi connectivity index (χ3v) is 5.30. The van der Waals surface area contributed by atoms with Gasteiger partial charge in [0, 0.05) is 11.6 Å². The molecule has 0 aromatic heterocycles. The first-order chi connectivity index (χ1) is 12.7. The average molecular weight is 384 g/mol. The Bertz CT molecular complexity index is 634. The fraction of sp³-hybridized carbons (Fsp3) is 0.600. The van der Waals surface area contributed by atoms with E-state index >= 15 is 0 Å². The zero-order valence-corrected chi connectivity index (χ0v) is 15.7. The van der Waals surface area contributed by atoms with E-state index in [1.54, 1.807) is 30.3 Å². The Balaban J connectivity index is 2.03. The summed E-state index contributed by atoms with van der Waals surface area (Å²) >= 11 is 0. The highest BCUT2D eigenvalue weighted by atomic mass is 19.4. The second-order valence-corrected chi connectivity index (χ2v) is 7.31. The Morgan fingerprint density at radius 3 is 2.44 bits per heavy atom. The number of benzene rings is 1. The molecular formula is C20H27F3N2O2. The number of halogens is 3. The Hall–Kier alpha value is -2.05. The first kappa shape index (κ1) is 21.3. The van der Waals surface area contributed by atoms with Crippen LogP contribution >= 0.6 is 0 Å². The largest absolute Gasteiger partial charge is 0.391 e. The van der Waals surface area contributed by atoms with Crippen molar-refractivity contribution in [2.75, 3.05) is 0 Å². The van der Waals surface area contributed by atoms with Gasteiger partial charge in [0.15, 0.2) is 0 Å². The first-order valence-electron chi connectivity index (χ1n) is 9.45. The fourth-order valence-electron chi connectivity index (χ4n) is 3.43. The van der Waals surface area contributed by atoms with Gasteiger partial charge in [0.1, 0.15) is 6.04 Å². The number of nitrogens with one attached hydrogen (secondary N) is 2. The predicted molar refractivity (Wildman–Crippen MR) is 97.1 cm³/mol. The Kier molecular flexibility index (Phi) is 7.27. The minimum absolute atomic E-state index is 0.102. The molecule has 2 N–H and O–H groups in total. The van der Waals surface area contributed by atoms with Crippen LogP contribution in [-0.2, 0) is 4.79 Å². The van der Waals surface area contributed by atoms with E-state index in [1.807, 2.05) is 13.8 Å². The minimum Gasteiger partial charge on any atom is -0.352 e. The third kappa shape index (κ3) is 5.97. The van der Waals surface area contributed by atoms with Crippen LogP contribution < -0.4 is 10.6 Å². The summed E-state index contributed by atoms with van der Waals surface area (Å²) in [7, 11) is 0. The fourth-order valence-corrected chi connectivity index (χ4v) is 3.43. The normalized spacial score (nSPS) is 22.6. The van der Waals surface area contributed by atoms with Crippen molar-refractivity contribution in [3.8, 4) is 0 Å². The Labute approximate surface area is 157 Å². The molecule has 7 heteroatoms. The van der Waals surface area contributed by atoms with Crippen LogP contribution in [0.4, 0.5) is 13.2 Å². The van der Waals surface area contributed by atoms with E-state index in [0.29, 0.717) is 24.8 Å². The number of hydrogen-bond donors (Lipinski definition) is 2. The van der Waals surface area contributed by atoms with Crippen molar-refractivity contribution in [2.45, 2.75) is 64.2 Å². The van der Waals surface area contributed by atoms with E-state index in [-0.39, 0.29) is 24.7 Å². The lowest BCUT2D eigenvalue weighted by molar-refractivity contribution is -0.184. The summed E-state index contributed by atoms with van der Waals surface area (Å²) in [5.74, 6) is -2.30. The van der Waals surface area contributed by atoms with Gasteiger partial charge in [-0.05, 0) is 37.3 Å². The second kappa shape index (κ2) is 9.24. The number of rotatable bonds is 6. The summed E-state index contributed by atoms with van der Waals surface area (Å²) in [6.45, 7) is 3.74. The molecule has 0 spiro atoms. The Morgan fingerprint density at radius 1 is 1.19 bits per heavy atom. The van der Waals surface area contributed by atoms with Crippen LogP contribution in [0.1, 0.15) is 56.3 Å². The number of carbonyl (C=O) groups excluding carboxylic acids is 2. The van der Waals surface area contributed by atoms with Crippen LogP contribution in [0.2, 0.25) is 0 Å². The maximum absolute atomic E-state index is 13.0. The van der Waals surface area contributed by atoms with E-state index in [2.05, 4.69) is 10.6 Å². The van der Waals surface area contributed by atoms with Gasteiger partial charge in [0.25, 0.3) is 5.91 Å². The van der Waals surface area contributed by atoms with Crippen LogP contribution in [0.3, 0.4) is 0 Å². The first-order valence-corrected chi connectivity index (χ1v) is 9.45. The van der Waals surface area contributed by atoms with Crippen molar-refractivity contribution in [1.29, 1.82) is 0 Å². The molecule has 0 saturated heterocycles. The Morgan fingerprint density at radius 2 is 1.85 bits per heavy atom. The lowest BCUT2D eigenvalue weighted by Crippen LogP contribution is -2.53. The van der Waals surface area contributed by atoms with Crippen LogP contribution in [-0.4, -0.2) is 30.1 Å². The molecule has 2 rings (SSSR count). The van der Waals surface area contributed by atoms with Crippen LogP contribution in [0.25, 0.3) is 0 Å². The number of carbonyl (C=O) groups is 2. The van der Waals surface area contributed by atoms with Crippen molar-refractivity contribution in [3.63, 3.8) is 0 Å². The molecule has 0 aliphatic heterocycles. The molecule has 1 saturated carbocycles. The lowest BCUT2D eigenvalue weighted by Gasteiger charge is -2.33. The van der Waals surface area contributed by atoms with Gasteiger partial charge in [0.2, 0.25) is 5.91 Å². The lowest BCUT2D eigenvalue weighted by atomic mass is 9.85. The van der Waals surface area contributed by atoms with Gasteiger partial charge in [-0.25, -0.2) is 0 Å². The molecule has 1 aliphatic rings. The zero-order chi connectivity index (χ0) is 20.0. The highest BCUT2D eigenvalue weighted by Gasteiger charge is 2.42. The van der Waals surface area contributed by atoms with Gasteiger partial charge in [-0.15, -0.1) is 0 Å². The quantitative estimate of drug-likeness (QED) is 0.777. The monoisotopic (exact) mass is 384 g/mol. The SMILES string of the molecule is CCC(C)C(NC(=O)c1ccccc1)C(=O)NC1CCCC(C(F)(F)F)C1. The molecule has 1 fully saturated rings. The standard InChI is InChI=1S/C20H27F3N2O2/c1-3-13(2)17(25-18(26)14-8-5-4-6-9-14)19(27)24-16-11-7-10-15(12-16)20(21,22)23/h4-6,8-9,13,15-17H,3,7,10-12H2,1-2H3,(H,24,27)(H,25,26). The molecule has 150 valence electrons. The maximum Gasteiger partial charge on any atom is 0.391 e. The van der Waals surface area contributed by atoms with Crippen molar-refractivity contribution in [1.82, 2.24) is 10.6 Å². The van der Waals surface area contributed by atoms with Gasteiger partial charge < -0.3 is 10.6 Å². The molecule has 0 radical (unpaired) electrons. The molecule has 1 aromatic carbocycles. The summed E-state index contributed by atoms with van der Waals surface area (Å²) in [6, 6.07) is 7.24. The molecule has 4 atom stereocenters. The predicted octanol–water partition coefficient (Wildman–Crippen LogP) is 4.07. The molecule has 2 amide bonds. The van der Waals surface area contributed by atoms with Crippen molar-refractivity contribution < 1.29 is 22.8 Å². The summed E-state index contributed by atoms with van der Waals surface area (Å²) in [6.07, 6.45) is -2.62. The van der Waals surface area contributed by atoms with E-state index in [9.17, 15) is 22.8 Å². The van der Waals surface area contributed by atoms with E-state index in [1.165, 1.54) is 0 Å². The zero-order valence-electron chi connectivity index (χ0n) is 15.7. The molecule has 0 bridgehead atoms. The van der Waals surface area contributed by atoms with E-state index in [0.717, 1.165) is 0 Å². The summed E-state index contributed by atoms with van der Waals surface area (Å²) < 4.78 is 39.0. The minimum atomic E-state index is -4.24. The highest BCUT2D eigenvalue weighted by molar-refractivity contribution is 5.97. The maximum atomic E-state index is 13.0. The van der Waals surface area contributed by atoms with Crippen molar-refractivity contribution in [2.24, 2.45) is 11.8 Å². The van der Waals surface area contributed by atoms with Crippen LogP contribution in [0.15, 0.2) is 30.3 Å². The van der Waals surface area contributed by atoms with Gasteiger partial charge in [0.05, 0.1) is 5.92 Å². The molecule has 0 heterocycles. The van der Waals surface area contributed by atoms with Gasteiger partial charge in [-0.3, -0.25) is 9.59 Å². The van der Waals surface area contributed by atoms with Gasteiger partial charge >= 0.3 is 6.18 Å². The number of alkyl halides is 3. The van der Waals surface area contributed by atoms with E-state index < -0.39 is 30.1 Å². The molecule has 1 aromatic rings. The molecule has 4 nitrogen and oxygen atoms in total. The van der Waals surface area contributed by atoms with Gasteiger partial charge in [-0.2, -0.15) is 13.2 Å². The van der Waals surface area contributed by atoms with Crippen LogP contribution in [0, 0.1) is 11.8 Å². The third-order valence-electron chi connectivity index (χ3n) is 5.30. The van der Waals surface area contributed by atoms with Crippen molar-refractivity contribution in [3.05, 3.63) is 35.9 Å². The topological polar surface area (TPSA) is 58.2 Å². The summed E-state index contributed by atoms with van der Waals surface area (Å²) in [4.78, 5) is 25.1. The summed E-state index contributed by atoms with van der Waals surface area (Å²) in [5.41, 5.74) is 0.438. The smallest absolute Gasteiger partial charge is 0.352 e. The molecule has 27 heavy (non-hydrogen) atoms. The van der Waals surface area contributed by atoms with Crippen molar-refractivity contribution >= 4 is 11.8 Å². The van der Waals surface area contributed by atoms with Gasteiger partial charge in [-0.1, -0.05) is 44.9 Å². The molecular weight excluding hydrogens is 357 g/mol. The van der Waals surface area contributed by atoms with E-state index in [4.69, 9.17) is 0 Å². The average Bonchev–Trinajstić information content (AvgIpc) is 2.65. The summed E-state index contributed by atoms with van der Waals surface area (Å²) in [5, 5.41) is 5.48. The molecule has 1 aliphatic carbocycles. The second-order valence-electron chi connectivity index (χ2n) is 7.31.